The molecule has 1 aliphatic rings. The second kappa shape index (κ2) is 11.2. The predicted octanol–water partition coefficient (Wildman–Crippen LogP) is 7.66. The second-order valence-electron chi connectivity index (χ2n) is 10.0. The predicted molar refractivity (Wildman–Crippen MR) is 143 cm³/mol. The fourth-order valence-corrected chi connectivity index (χ4v) is 5.70. The smallest absolute Gasteiger partial charge is 0.165 e. The van der Waals surface area contributed by atoms with E-state index >= 15 is 0 Å². The van der Waals surface area contributed by atoms with Gasteiger partial charge in [0.1, 0.15) is 5.82 Å². The largest absolute Gasteiger partial charge is 0.377 e. The number of halogens is 1. The number of ether oxygens (including phenoxy) is 1. The fourth-order valence-electron chi connectivity index (χ4n) is 5.70. The van der Waals surface area contributed by atoms with Crippen molar-refractivity contribution in [2.24, 2.45) is 5.92 Å². The molecule has 5 rings (SSSR count). The summed E-state index contributed by atoms with van der Waals surface area (Å²) in [6.45, 7) is 3.96. The number of benzene rings is 3. The Bertz CT molecular complexity index is 1360. The zero-order chi connectivity index (χ0) is 24.9. The lowest BCUT2D eigenvalue weighted by Gasteiger charge is -2.16. The molecule has 0 saturated carbocycles. The lowest BCUT2D eigenvalue weighted by molar-refractivity contribution is 0.0938. The molecule has 4 heteroatoms. The minimum absolute atomic E-state index is 0.211. The van der Waals surface area contributed by atoms with Gasteiger partial charge in [-0.15, -0.1) is 0 Å². The zero-order valence-corrected chi connectivity index (χ0v) is 21.0. The number of aryl methyl sites for hydroxylation is 1. The standard InChI is InChI=1S/C32H34FNO2/c1-23-32(29-16-4-5-17-30(29)34(23)21-25-10-7-15-28(33)19-25)31(35)20-24-9-6-14-26-12-2-3-13-27(26)22-36-18-8-11-24/h2-5,7,10,12-13,15-17,19,24H,6,8-9,11,14,18,20-22H2,1H3. The molecule has 0 fully saturated rings. The third kappa shape index (κ3) is 5.44. The topological polar surface area (TPSA) is 31.2 Å². The number of aromatic nitrogens is 1. The SMILES string of the molecule is Cc1c(C(=O)CC2CCCOCc3ccccc3CCC2)c2ccccc2n1Cc1cccc(F)c1. The van der Waals surface area contributed by atoms with Crippen LogP contribution in [0.1, 0.15) is 64.8 Å². The van der Waals surface area contributed by atoms with Gasteiger partial charge in [-0.1, -0.05) is 54.6 Å². The molecule has 3 aromatic carbocycles. The molecule has 0 spiro atoms. The summed E-state index contributed by atoms with van der Waals surface area (Å²) in [5.41, 5.74) is 6.34. The van der Waals surface area contributed by atoms with Gasteiger partial charge >= 0.3 is 0 Å². The van der Waals surface area contributed by atoms with Gasteiger partial charge in [0.05, 0.1) is 6.61 Å². The quantitative estimate of drug-likeness (QED) is 0.273. The van der Waals surface area contributed by atoms with Gasteiger partial charge in [0.2, 0.25) is 0 Å². The Morgan fingerprint density at radius 3 is 2.61 bits per heavy atom. The van der Waals surface area contributed by atoms with Crippen LogP contribution in [0.5, 0.6) is 0 Å². The van der Waals surface area contributed by atoms with Gasteiger partial charge in [-0.2, -0.15) is 0 Å². The highest BCUT2D eigenvalue weighted by atomic mass is 19.1. The highest BCUT2D eigenvalue weighted by Crippen LogP contribution is 2.31. The minimum Gasteiger partial charge on any atom is -0.377 e. The van der Waals surface area contributed by atoms with Crippen molar-refractivity contribution >= 4 is 16.7 Å². The van der Waals surface area contributed by atoms with E-state index in [1.165, 1.54) is 17.2 Å². The van der Waals surface area contributed by atoms with E-state index in [9.17, 15) is 9.18 Å². The number of para-hydroxylation sites is 1. The van der Waals surface area contributed by atoms with Crippen LogP contribution in [0.15, 0.2) is 72.8 Å². The van der Waals surface area contributed by atoms with Crippen LogP contribution in [-0.2, 0) is 24.3 Å². The van der Waals surface area contributed by atoms with Crippen molar-refractivity contribution in [2.75, 3.05) is 6.61 Å². The van der Waals surface area contributed by atoms with E-state index in [1.807, 2.05) is 31.2 Å². The summed E-state index contributed by atoms with van der Waals surface area (Å²) in [5.74, 6) is 0.315. The van der Waals surface area contributed by atoms with Gasteiger partial charge in [0.25, 0.3) is 0 Å². The van der Waals surface area contributed by atoms with Gasteiger partial charge in [0, 0.05) is 41.7 Å². The van der Waals surface area contributed by atoms with Crippen LogP contribution in [0.4, 0.5) is 4.39 Å². The highest BCUT2D eigenvalue weighted by molar-refractivity contribution is 6.09. The number of nitrogens with zero attached hydrogens (tertiary/aromatic N) is 1. The van der Waals surface area contributed by atoms with Crippen LogP contribution in [-0.4, -0.2) is 17.0 Å². The number of fused-ring (bicyclic) bond motifs is 2. The summed E-state index contributed by atoms with van der Waals surface area (Å²) in [4.78, 5) is 13.8. The first-order valence-corrected chi connectivity index (χ1v) is 13.1. The number of hydrogen-bond acceptors (Lipinski definition) is 2. The normalized spacial score (nSPS) is 16.9. The van der Waals surface area contributed by atoms with Crippen LogP contribution in [0, 0.1) is 18.7 Å². The fraction of sp³-hybridized carbons (Fsp3) is 0.344. The van der Waals surface area contributed by atoms with E-state index < -0.39 is 0 Å². The first-order chi connectivity index (χ1) is 17.6. The van der Waals surface area contributed by atoms with E-state index in [0.29, 0.717) is 25.5 Å². The van der Waals surface area contributed by atoms with Gasteiger partial charge < -0.3 is 9.30 Å². The van der Waals surface area contributed by atoms with Crippen molar-refractivity contribution in [3.05, 3.63) is 107 Å². The molecule has 2 heterocycles. The number of rotatable bonds is 5. The molecular weight excluding hydrogens is 449 g/mol. The molecule has 0 radical (unpaired) electrons. The maximum Gasteiger partial charge on any atom is 0.165 e. The Balaban J connectivity index is 1.37. The molecule has 0 N–H and O–H groups in total. The van der Waals surface area contributed by atoms with E-state index in [2.05, 4.69) is 34.9 Å². The maximum atomic E-state index is 13.8. The van der Waals surface area contributed by atoms with E-state index in [4.69, 9.17) is 4.74 Å². The summed E-state index contributed by atoms with van der Waals surface area (Å²) < 4.78 is 21.9. The monoisotopic (exact) mass is 483 g/mol. The molecule has 1 atom stereocenters. The van der Waals surface area contributed by atoms with Gasteiger partial charge in [-0.3, -0.25) is 4.79 Å². The Morgan fingerprint density at radius 1 is 0.972 bits per heavy atom. The van der Waals surface area contributed by atoms with Crippen molar-refractivity contribution in [3.63, 3.8) is 0 Å². The summed E-state index contributed by atoms with van der Waals surface area (Å²) >= 11 is 0. The Hall–Kier alpha value is -3.24. The van der Waals surface area contributed by atoms with E-state index in [1.54, 1.807) is 12.1 Å². The van der Waals surface area contributed by atoms with Crippen molar-refractivity contribution in [3.8, 4) is 0 Å². The van der Waals surface area contributed by atoms with E-state index in [0.717, 1.165) is 66.4 Å². The molecule has 1 aliphatic heterocycles. The molecule has 0 bridgehead atoms. The van der Waals surface area contributed by atoms with Crippen molar-refractivity contribution in [1.82, 2.24) is 4.57 Å². The number of hydrogen-bond donors (Lipinski definition) is 0. The number of ketones is 1. The molecular formula is C32H34FNO2. The average molecular weight is 484 g/mol. The lowest BCUT2D eigenvalue weighted by atomic mass is 9.88. The molecule has 36 heavy (non-hydrogen) atoms. The first kappa shape index (κ1) is 24.5. The summed E-state index contributed by atoms with van der Waals surface area (Å²) in [6, 6.07) is 23.3. The Morgan fingerprint density at radius 2 is 1.75 bits per heavy atom. The molecule has 4 aromatic rings. The number of carbonyl (C=O) groups excluding carboxylic acids is 1. The Labute approximate surface area is 212 Å². The molecule has 0 aliphatic carbocycles. The Kier molecular flexibility index (Phi) is 7.62. The van der Waals surface area contributed by atoms with Crippen LogP contribution in [0.3, 0.4) is 0 Å². The van der Waals surface area contributed by atoms with Crippen LogP contribution in [0.25, 0.3) is 10.9 Å². The minimum atomic E-state index is -0.240. The molecule has 1 unspecified atom stereocenters. The molecule has 1 aromatic heterocycles. The molecule has 3 nitrogen and oxygen atoms in total. The number of carbonyl (C=O) groups is 1. The van der Waals surface area contributed by atoms with E-state index in [-0.39, 0.29) is 11.6 Å². The van der Waals surface area contributed by atoms with Crippen molar-refractivity contribution in [2.45, 2.75) is 58.6 Å². The zero-order valence-electron chi connectivity index (χ0n) is 21.0. The maximum absolute atomic E-state index is 13.8. The van der Waals surface area contributed by atoms with Crippen molar-refractivity contribution < 1.29 is 13.9 Å². The molecule has 0 saturated heterocycles. The molecule has 0 amide bonds. The third-order valence-corrected chi connectivity index (χ3v) is 7.55. The van der Waals surface area contributed by atoms with Crippen LogP contribution in [0.2, 0.25) is 0 Å². The van der Waals surface area contributed by atoms with Crippen LogP contribution >= 0.6 is 0 Å². The van der Waals surface area contributed by atoms with Gasteiger partial charge in [-0.25, -0.2) is 4.39 Å². The second-order valence-corrected chi connectivity index (χ2v) is 10.0. The summed E-state index contributed by atoms with van der Waals surface area (Å²) in [6.07, 6.45) is 5.67. The van der Waals surface area contributed by atoms with Crippen molar-refractivity contribution in [1.29, 1.82) is 0 Å². The third-order valence-electron chi connectivity index (χ3n) is 7.55. The number of Topliss-reactive ketones (excluding diaryl/α,β-unsaturated/α-hetero) is 1. The van der Waals surface area contributed by atoms with Crippen LogP contribution < -0.4 is 0 Å². The average Bonchev–Trinajstić information content (AvgIpc) is 3.13. The first-order valence-electron chi connectivity index (χ1n) is 13.1. The summed E-state index contributed by atoms with van der Waals surface area (Å²) in [5, 5.41) is 0.991. The lowest BCUT2D eigenvalue weighted by Crippen LogP contribution is -2.12. The molecule has 186 valence electrons. The highest BCUT2D eigenvalue weighted by Gasteiger charge is 2.23. The van der Waals surface area contributed by atoms with Gasteiger partial charge in [0.15, 0.2) is 5.78 Å². The summed E-state index contributed by atoms with van der Waals surface area (Å²) in [7, 11) is 0. The van der Waals surface area contributed by atoms with Gasteiger partial charge in [-0.05, 0) is 79.8 Å².